The van der Waals surface area contributed by atoms with Crippen molar-refractivity contribution < 1.29 is 4.42 Å². The van der Waals surface area contributed by atoms with Crippen molar-refractivity contribution in [1.29, 1.82) is 0 Å². The van der Waals surface area contributed by atoms with Crippen LogP contribution in [0.4, 0.5) is 17.1 Å². The number of para-hydroxylation sites is 3. The van der Waals surface area contributed by atoms with E-state index in [9.17, 15) is 0 Å². The van der Waals surface area contributed by atoms with Crippen molar-refractivity contribution in [3.63, 3.8) is 0 Å². The molecule has 274 valence electrons. The molecule has 0 unspecified atom stereocenters. The quantitative estimate of drug-likeness (QED) is 0.175. The highest BCUT2D eigenvalue weighted by Crippen LogP contribution is 2.55. The molecule has 11 aromatic rings. The topological polar surface area (TPSA) is 21.3 Å². The summed E-state index contributed by atoms with van der Waals surface area (Å²) in [5, 5.41) is 7.16. The highest BCUT2D eigenvalue weighted by atomic mass is 16.3. The van der Waals surface area contributed by atoms with Crippen LogP contribution in [0.15, 0.2) is 199 Å². The zero-order valence-corrected chi connectivity index (χ0v) is 32.3. The molecule has 2 aromatic heterocycles. The molecule has 0 saturated carbocycles. The van der Waals surface area contributed by atoms with Gasteiger partial charge < -0.3 is 13.9 Å². The van der Waals surface area contributed by atoms with Crippen LogP contribution < -0.4 is 4.90 Å². The predicted molar refractivity (Wildman–Crippen MR) is 243 cm³/mol. The summed E-state index contributed by atoms with van der Waals surface area (Å²) in [6, 6.07) is 70.5. The number of hydrogen-bond donors (Lipinski definition) is 0. The number of benzene rings is 9. The molecule has 2 heterocycles. The molecule has 58 heavy (non-hydrogen) atoms. The fourth-order valence-corrected chi connectivity index (χ4v) is 9.87. The van der Waals surface area contributed by atoms with Crippen LogP contribution >= 0.6 is 0 Å². The first-order valence-electron chi connectivity index (χ1n) is 20.1. The van der Waals surface area contributed by atoms with Gasteiger partial charge in [-0.3, -0.25) is 0 Å². The van der Waals surface area contributed by atoms with Crippen LogP contribution in [0.1, 0.15) is 25.0 Å². The van der Waals surface area contributed by atoms with Crippen LogP contribution in [0.5, 0.6) is 0 Å². The van der Waals surface area contributed by atoms with E-state index in [1.807, 2.05) is 0 Å². The lowest BCUT2D eigenvalue weighted by atomic mass is 9.82. The molecule has 0 atom stereocenters. The first-order chi connectivity index (χ1) is 28.5. The lowest BCUT2D eigenvalue weighted by Crippen LogP contribution is -2.16. The van der Waals surface area contributed by atoms with Gasteiger partial charge in [0.2, 0.25) is 0 Å². The number of hydrogen-bond acceptors (Lipinski definition) is 2. The minimum atomic E-state index is -0.135. The van der Waals surface area contributed by atoms with Crippen molar-refractivity contribution >= 4 is 71.6 Å². The summed E-state index contributed by atoms with van der Waals surface area (Å²) in [7, 11) is 0. The molecule has 0 amide bonds. The zero-order chi connectivity index (χ0) is 38.5. The van der Waals surface area contributed by atoms with E-state index >= 15 is 0 Å². The third kappa shape index (κ3) is 4.68. The van der Waals surface area contributed by atoms with Crippen molar-refractivity contribution in [2.45, 2.75) is 19.3 Å². The summed E-state index contributed by atoms with van der Waals surface area (Å²) in [4.78, 5) is 2.42. The molecule has 12 rings (SSSR count). The lowest BCUT2D eigenvalue weighted by molar-refractivity contribution is 0.660. The molecular formula is C55H38N2O. The number of fused-ring (bicyclic) bond motifs is 11. The molecule has 0 saturated heterocycles. The molecule has 9 aromatic carbocycles. The first kappa shape index (κ1) is 32.8. The Bertz CT molecular complexity index is 3420. The summed E-state index contributed by atoms with van der Waals surface area (Å²) in [5.74, 6) is 0. The average molecular weight is 743 g/mol. The van der Waals surface area contributed by atoms with E-state index in [1.165, 1.54) is 66.0 Å². The molecule has 0 bridgehead atoms. The summed E-state index contributed by atoms with van der Waals surface area (Å²) >= 11 is 0. The van der Waals surface area contributed by atoms with E-state index in [2.05, 4.69) is 217 Å². The molecular weight excluding hydrogens is 705 g/mol. The molecule has 0 fully saturated rings. The first-order valence-corrected chi connectivity index (χ1v) is 20.1. The third-order valence-electron chi connectivity index (χ3n) is 12.6. The molecule has 0 aliphatic heterocycles. The highest BCUT2D eigenvalue weighted by Gasteiger charge is 2.38. The van der Waals surface area contributed by atoms with Gasteiger partial charge in [-0.05, 0) is 99.3 Å². The Morgan fingerprint density at radius 2 is 1.16 bits per heavy atom. The Morgan fingerprint density at radius 3 is 2.03 bits per heavy atom. The van der Waals surface area contributed by atoms with Crippen LogP contribution in [0, 0.1) is 0 Å². The van der Waals surface area contributed by atoms with Crippen LogP contribution in [-0.4, -0.2) is 4.57 Å². The molecule has 0 radical (unpaired) electrons. The van der Waals surface area contributed by atoms with E-state index in [0.29, 0.717) is 0 Å². The Kier molecular flexibility index (Phi) is 6.98. The van der Waals surface area contributed by atoms with Gasteiger partial charge in [0.05, 0.1) is 22.4 Å². The fraction of sp³-hybridized carbons (Fsp3) is 0.0545. The van der Waals surface area contributed by atoms with E-state index in [1.54, 1.807) is 0 Å². The number of nitrogens with zero attached hydrogens (tertiary/aromatic N) is 2. The van der Waals surface area contributed by atoms with Crippen LogP contribution in [0.3, 0.4) is 0 Å². The number of rotatable bonds is 5. The SMILES string of the molecule is CC1(C)c2ccccc2-c2c(N(c3ccc(-c4ccc5c(c4)c4ccccc4n5-c4ccccc4)cc3)c3cccc4c3oc3ccc5ccccc5c34)cccc21. The van der Waals surface area contributed by atoms with Crippen LogP contribution in [0.25, 0.3) is 82.5 Å². The van der Waals surface area contributed by atoms with Gasteiger partial charge >= 0.3 is 0 Å². The second-order valence-electron chi connectivity index (χ2n) is 16.1. The van der Waals surface area contributed by atoms with Crippen LogP contribution in [0.2, 0.25) is 0 Å². The monoisotopic (exact) mass is 742 g/mol. The lowest BCUT2D eigenvalue weighted by Gasteiger charge is -2.29. The standard InChI is InChI=1S/C55H38N2O/c1-55(2)45-21-10-8-19-42(45)53-46(55)22-13-24-49(53)57(50-25-12-20-43-52-40-17-7-6-14-36(40)29-33-51(52)58-54(43)50)39-30-26-35(27-31-39)37-28-32-48-44(34-37)41-18-9-11-23-47(41)56(48)38-15-4-3-5-16-38/h3-34H,1-2H3. The van der Waals surface area contributed by atoms with Crippen molar-refractivity contribution in [3.05, 3.63) is 205 Å². The Morgan fingerprint density at radius 1 is 0.483 bits per heavy atom. The molecule has 3 heteroatoms. The molecule has 3 nitrogen and oxygen atoms in total. The van der Waals surface area contributed by atoms with Gasteiger partial charge in [-0.25, -0.2) is 0 Å². The van der Waals surface area contributed by atoms with Gasteiger partial charge in [0.15, 0.2) is 5.58 Å². The van der Waals surface area contributed by atoms with Crippen LogP contribution in [-0.2, 0) is 5.41 Å². The van der Waals surface area contributed by atoms with E-state index in [4.69, 9.17) is 4.42 Å². The molecule has 0 N–H and O–H groups in total. The van der Waals surface area contributed by atoms with Gasteiger partial charge in [-0.2, -0.15) is 0 Å². The minimum Gasteiger partial charge on any atom is -0.454 e. The van der Waals surface area contributed by atoms with Crippen molar-refractivity contribution in [2.75, 3.05) is 4.90 Å². The highest BCUT2D eigenvalue weighted by molar-refractivity contribution is 6.21. The smallest absolute Gasteiger partial charge is 0.159 e. The summed E-state index contributed by atoms with van der Waals surface area (Å²) in [6.45, 7) is 4.69. The van der Waals surface area contributed by atoms with Gasteiger partial charge in [0.1, 0.15) is 5.58 Å². The Balaban J connectivity index is 1.06. The van der Waals surface area contributed by atoms with Gasteiger partial charge in [-0.15, -0.1) is 0 Å². The van der Waals surface area contributed by atoms with Crippen molar-refractivity contribution in [3.8, 4) is 27.9 Å². The average Bonchev–Trinajstić information content (AvgIpc) is 3.91. The van der Waals surface area contributed by atoms with E-state index in [0.717, 1.165) is 44.7 Å². The number of furan rings is 1. The molecule has 1 aliphatic carbocycles. The fourth-order valence-electron chi connectivity index (χ4n) is 9.87. The second kappa shape index (κ2) is 12.3. The Hall–Kier alpha value is -7.36. The maximum Gasteiger partial charge on any atom is 0.159 e. The largest absolute Gasteiger partial charge is 0.454 e. The predicted octanol–water partition coefficient (Wildman–Crippen LogP) is 15.3. The normalized spacial score (nSPS) is 13.1. The third-order valence-corrected chi connectivity index (χ3v) is 12.6. The van der Waals surface area contributed by atoms with Gasteiger partial charge in [0.25, 0.3) is 0 Å². The molecule has 1 aliphatic rings. The summed E-state index contributed by atoms with van der Waals surface area (Å²) in [6.07, 6.45) is 0. The zero-order valence-electron chi connectivity index (χ0n) is 32.3. The van der Waals surface area contributed by atoms with E-state index < -0.39 is 0 Å². The Labute approximate surface area is 336 Å². The second-order valence-corrected chi connectivity index (χ2v) is 16.1. The minimum absolute atomic E-state index is 0.135. The molecule has 0 spiro atoms. The number of anilines is 3. The summed E-state index contributed by atoms with van der Waals surface area (Å²) < 4.78 is 9.27. The van der Waals surface area contributed by atoms with E-state index in [-0.39, 0.29) is 5.41 Å². The number of aromatic nitrogens is 1. The van der Waals surface area contributed by atoms with Crippen molar-refractivity contribution in [1.82, 2.24) is 4.57 Å². The maximum atomic E-state index is 6.90. The summed E-state index contributed by atoms with van der Waals surface area (Å²) in [5.41, 5.74) is 16.0. The van der Waals surface area contributed by atoms with Gasteiger partial charge in [0, 0.05) is 43.9 Å². The maximum absolute atomic E-state index is 6.90. The van der Waals surface area contributed by atoms with Crippen molar-refractivity contribution in [2.24, 2.45) is 0 Å². The van der Waals surface area contributed by atoms with Gasteiger partial charge in [-0.1, -0.05) is 147 Å².